The Morgan fingerprint density at radius 2 is 2.00 bits per heavy atom. The second kappa shape index (κ2) is 7.94. The molecule has 0 saturated heterocycles. The van der Waals surface area contributed by atoms with Crippen molar-refractivity contribution in [1.29, 1.82) is 0 Å². The van der Waals surface area contributed by atoms with Crippen LogP contribution in [0.15, 0.2) is 30.3 Å². The number of amides is 1. The molecule has 0 radical (unpaired) electrons. The molecule has 0 atom stereocenters. The lowest BCUT2D eigenvalue weighted by Gasteiger charge is -2.04. The molecular weight excluding hydrogens is 314 g/mol. The number of aliphatic hydroxyl groups is 1. The Morgan fingerprint density at radius 1 is 1.35 bits per heavy atom. The summed E-state index contributed by atoms with van der Waals surface area (Å²) in [5.41, 5.74) is 3.52. The first-order valence-corrected chi connectivity index (χ1v) is 7.72. The summed E-state index contributed by atoms with van der Waals surface area (Å²) in [6, 6.07) is 7.66. The lowest BCUT2D eigenvalue weighted by atomic mass is 10.1. The highest BCUT2D eigenvalue weighted by atomic mass is 35.5. The van der Waals surface area contributed by atoms with Gasteiger partial charge in [-0.05, 0) is 30.5 Å². The Bertz CT molecular complexity index is 705. The van der Waals surface area contributed by atoms with Crippen molar-refractivity contribution in [1.82, 2.24) is 15.1 Å². The lowest BCUT2D eigenvalue weighted by molar-refractivity contribution is -0.116. The lowest BCUT2D eigenvalue weighted by Crippen LogP contribution is -2.23. The van der Waals surface area contributed by atoms with Gasteiger partial charge in [0.1, 0.15) is 5.15 Å². The number of aliphatic hydroxyl groups excluding tert-OH is 1. The summed E-state index contributed by atoms with van der Waals surface area (Å²) < 4.78 is 1.57. The number of hydrogen-bond acceptors (Lipinski definition) is 3. The molecule has 0 bridgehead atoms. The molecule has 0 aliphatic heterocycles. The molecule has 0 fully saturated rings. The maximum absolute atomic E-state index is 11.8. The zero-order valence-electron chi connectivity index (χ0n) is 13.2. The van der Waals surface area contributed by atoms with E-state index < -0.39 is 0 Å². The molecule has 0 aliphatic carbocycles. The summed E-state index contributed by atoms with van der Waals surface area (Å²) in [4.78, 5) is 11.8. The molecule has 1 aromatic heterocycles. The molecule has 23 heavy (non-hydrogen) atoms. The third-order valence-electron chi connectivity index (χ3n) is 3.52. The van der Waals surface area contributed by atoms with Crippen molar-refractivity contribution in [3.8, 4) is 0 Å². The van der Waals surface area contributed by atoms with Crippen LogP contribution in [-0.4, -0.2) is 27.3 Å². The van der Waals surface area contributed by atoms with Gasteiger partial charge in [0, 0.05) is 25.2 Å². The first kappa shape index (κ1) is 17.2. The normalized spacial score (nSPS) is 11.1. The minimum Gasteiger partial charge on any atom is -0.392 e. The molecule has 6 heteroatoms. The van der Waals surface area contributed by atoms with Crippen LogP contribution in [-0.2, 0) is 24.9 Å². The van der Waals surface area contributed by atoms with Crippen LogP contribution in [0.5, 0.6) is 0 Å². The molecule has 122 valence electrons. The quantitative estimate of drug-likeness (QED) is 0.797. The molecule has 0 aliphatic rings. The minimum atomic E-state index is -0.170. The van der Waals surface area contributed by atoms with Crippen LogP contribution in [0.4, 0.5) is 0 Å². The monoisotopic (exact) mass is 333 g/mol. The Balaban J connectivity index is 1.83. The van der Waals surface area contributed by atoms with Crippen LogP contribution >= 0.6 is 11.6 Å². The highest BCUT2D eigenvalue weighted by Crippen LogP contribution is 2.19. The van der Waals surface area contributed by atoms with E-state index in [9.17, 15) is 4.79 Å². The van der Waals surface area contributed by atoms with E-state index in [-0.39, 0.29) is 12.5 Å². The van der Waals surface area contributed by atoms with Gasteiger partial charge in [-0.3, -0.25) is 9.48 Å². The number of nitrogens with one attached hydrogen (secondary N) is 1. The van der Waals surface area contributed by atoms with Crippen molar-refractivity contribution in [3.63, 3.8) is 0 Å². The highest BCUT2D eigenvalue weighted by Gasteiger charge is 2.08. The first-order valence-electron chi connectivity index (χ1n) is 7.35. The van der Waals surface area contributed by atoms with Gasteiger partial charge in [0.05, 0.1) is 12.3 Å². The summed E-state index contributed by atoms with van der Waals surface area (Å²) in [5.74, 6) is -0.170. The molecule has 2 aromatic rings. The number of hydrogen-bond donors (Lipinski definition) is 2. The SMILES string of the molecule is Cc1nn(C)c(Cl)c1/C=C/C(=O)NCCc1ccc(CO)cc1. The minimum absolute atomic E-state index is 0.0398. The van der Waals surface area contributed by atoms with Crippen LogP contribution in [0.25, 0.3) is 6.08 Å². The fourth-order valence-corrected chi connectivity index (χ4v) is 2.43. The number of rotatable bonds is 6. The maximum atomic E-state index is 11.8. The predicted molar refractivity (Wildman–Crippen MR) is 91.1 cm³/mol. The van der Waals surface area contributed by atoms with E-state index in [2.05, 4.69) is 10.4 Å². The number of carbonyl (C=O) groups is 1. The average Bonchev–Trinajstić information content (AvgIpc) is 2.79. The van der Waals surface area contributed by atoms with Gasteiger partial charge in [0.2, 0.25) is 5.91 Å². The molecular formula is C17H20ClN3O2. The van der Waals surface area contributed by atoms with Crippen LogP contribution in [0.1, 0.15) is 22.4 Å². The molecule has 0 unspecified atom stereocenters. The zero-order valence-corrected chi connectivity index (χ0v) is 14.0. The number of aryl methyl sites for hydroxylation is 2. The predicted octanol–water partition coefficient (Wildman–Crippen LogP) is 2.25. The summed E-state index contributed by atoms with van der Waals surface area (Å²) in [6.07, 6.45) is 3.87. The molecule has 1 aromatic carbocycles. The smallest absolute Gasteiger partial charge is 0.244 e. The van der Waals surface area contributed by atoms with Crippen molar-refractivity contribution in [2.45, 2.75) is 20.0 Å². The summed E-state index contributed by atoms with van der Waals surface area (Å²) in [5, 5.41) is 16.5. The average molecular weight is 334 g/mol. The third kappa shape index (κ3) is 4.68. The maximum Gasteiger partial charge on any atom is 0.244 e. The Kier molecular flexibility index (Phi) is 5.96. The van der Waals surface area contributed by atoms with Crippen LogP contribution in [0, 0.1) is 6.92 Å². The molecule has 2 N–H and O–H groups in total. The third-order valence-corrected chi connectivity index (χ3v) is 3.96. The zero-order chi connectivity index (χ0) is 16.8. The van der Waals surface area contributed by atoms with Crippen molar-refractivity contribution >= 4 is 23.6 Å². The van der Waals surface area contributed by atoms with Crippen molar-refractivity contribution in [3.05, 3.63) is 57.9 Å². The Morgan fingerprint density at radius 3 is 2.57 bits per heavy atom. The van der Waals surface area contributed by atoms with E-state index in [4.69, 9.17) is 16.7 Å². The van der Waals surface area contributed by atoms with Gasteiger partial charge >= 0.3 is 0 Å². The van der Waals surface area contributed by atoms with E-state index in [1.165, 1.54) is 6.08 Å². The molecule has 0 spiro atoms. The molecule has 0 saturated carbocycles. The Labute approximate surface area is 140 Å². The largest absolute Gasteiger partial charge is 0.392 e. The molecule has 1 amide bonds. The number of nitrogens with zero attached hydrogens (tertiary/aromatic N) is 2. The van der Waals surface area contributed by atoms with E-state index >= 15 is 0 Å². The van der Waals surface area contributed by atoms with Gasteiger partial charge < -0.3 is 10.4 Å². The van der Waals surface area contributed by atoms with Gasteiger partial charge in [0.15, 0.2) is 0 Å². The van der Waals surface area contributed by atoms with Crippen LogP contribution in [0.3, 0.4) is 0 Å². The van der Waals surface area contributed by atoms with Crippen LogP contribution in [0.2, 0.25) is 5.15 Å². The van der Waals surface area contributed by atoms with E-state index in [0.717, 1.165) is 28.8 Å². The van der Waals surface area contributed by atoms with Crippen molar-refractivity contribution < 1.29 is 9.90 Å². The standard InChI is InChI=1S/C17H20ClN3O2/c1-12-15(17(18)21(2)20-12)7-8-16(23)19-10-9-13-3-5-14(11-22)6-4-13/h3-8,22H,9-11H2,1-2H3,(H,19,23)/b8-7+. The second-order valence-corrected chi connectivity index (χ2v) is 5.62. The summed E-state index contributed by atoms with van der Waals surface area (Å²) >= 11 is 6.11. The number of aromatic nitrogens is 2. The molecule has 5 nitrogen and oxygen atoms in total. The summed E-state index contributed by atoms with van der Waals surface area (Å²) in [7, 11) is 1.76. The fourth-order valence-electron chi connectivity index (χ4n) is 2.20. The van der Waals surface area contributed by atoms with Gasteiger partial charge in [-0.2, -0.15) is 5.10 Å². The van der Waals surface area contributed by atoms with E-state index in [0.29, 0.717) is 11.7 Å². The second-order valence-electron chi connectivity index (χ2n) is 5.26. The van der Waals surface area contributed by atoms with Gasteiger partial charge in [0.25, 0.3) is 0 Å². The van der Waals surface area contributed by atoms with E-state index in [1.807, 2.05) is 31.2 Å². The topological polar surface area (TPSA) is 67.2 Å². The molecule has 1 heterocycles. The van der Waals surface area contributed by atoms with Crippen LogP contribution < -0.4 is 5.32 Å². The number of benzene rings is 1. The number of halogens is 1. The van der Waals surface area contributed by atoms with Crippen molar-refractivity contribution in [2.75, 3.05) is 6.54 Å². The highest BCUT2D eigenvalue weighted by molar-refractivity contribution is 6.31. The van der Waals surface area contributed by atoms with E-state index in [1.54, 1.807) is 17.8 Å². The summed E-state index contributed by atoms with van der Waals surface area (Å²) in [6.45, 7) is 2.43. The van der Waals surface area contributed by atoms with Gasteiger partial charge in [-0.25, -0.2) is 0 Å². The Hall–Kier alpha value is -2.11. The fraction of sp³-hybridized carbons (Fsp3) is 0.294. The molecule has 2 rings (SSSR count). The first-order chi connectivity index (χ1) is 11.0. The van der Waals surface area contributed by atoms with Gasteiger partial charge in [-0.1, -0.05) is 35.9 Å². The number of carbonyl (C=O) groups excluding carboxylic acids is 1. The van der Waals surface area contributed by atoms with Gasteiger partial charge in [-0.15, -0.1) is 0 Å². The van der Waals surface area contributed by atoms with Crippen molar-refractivity contribution in [2.24, 2.45) is 7.05 Å².